The van der Waals surface area contributed by atoms with E-state index in [9.17, 15) is 8.42 Å². The average molecular weight is 277 g/mol. The Morgan fingerprint density at radius 3 is 2.72 bits per heavy atom. The molecule has 0 amide bonds. The van der Waals surface area contributed by atoms with Crippen LogP contribution in [-0.2, 0) is 21.4 Å². The lowest BCUT2D eigenvalue weighted by Crippen LogP contribution is -2.29. The van der Waals surface area contributed by atoms with Gasteiger partial charge in [0, 0.05) is 6.54 Å². The van der Waals surface area contributed by atoms with Gasteiger partial charge in [-0.05, 0) is 20.8 Å². The van der Waals surface area contributed by atoms with Gasteiger partial charge in [0.2, 0.25) is 10.0 Å². The second kappa shape index (κ2) is 6.28. The molecular weight excluding hydrogens is 258 g/mol. The highest BCUT2D eigenvalue weighted by atomic mass is 32.2. The molecule has 0 fully saturated rings. The van der Waals surface area contributed by atoms with Crippen molar-refractivity contribution in [3.05, 3.63) is 11.4 Å². The topological polar surface area (TPSA) is 104 Å². The summed E-state index contributed by atoms with van der Waals surface area (Å²) in [7, 11) is -3.67. The number of aromatic amines is 1. The van der Waals surface area contributed by atoms with Gasteiger partial charge in [0.1, 0.15) is 10.6 Å². The second-order valence-electron chi connectivity index (χ2n) is 4.10. The van der Waals surface area contributed by atoms with Crippen LogP contribution in [0.1, 0.15) is 25.2 Å². The van der Waals surface area contributed by atoms with Crippen LogP contribution in [0, 0.1) is 6.92 Å². The molecule has 0 bridgehead atoms. The van der Waals surface area contributed by atoms with Gasteiger partial charge in [-0.25, -0.2) is 13.1 Å². The first-order valence-corrected chi connectivity index (χ1v) is 7.12. The van der Waals surface area contributed by atoms with Gasteiger partial charge in [0.15, 0.2) is 0 Å². The fourth-order valence-corrected chi connectivity index (χ4v) is 2.84. The van der Waals surface area contributed by atoms with Crippen LogP contribution >= 0.6 is 0 Å². The normalized spacial score (nSPS) is 12.3. The van der Waals surface area contributed by atoms with Crippen LogP contribution in [0.25, 0.3) is 0 Å². The molecule has 1 heterocycles. The number of aryl methyl sites for hydroxylation is 1. The van der Waals surface area contributed by atoms with Crippen molar-refractivity contribution in [2.45, 2.75) is 38.4 Å². The molecule has 0 saturated carbocycles. The van der Waals surface area contributed by atoms with E-state index in [0.717, 1.165) is 0 Å². The third-order valence-corrected chi connectivity index (χ3v) is 3.89. The van der Waals surface area contributed by atoms with E-state index in [1.807, 2.05) is 13.8 Å². The third kappa shape index (κ3) is 3.77. The molecule has 0 unspecified atom stereocenters. The number of rotatable bonds is 7. The van der Waals surface area contributed by atoms with E-state index >= 15 is 0 Å². The Kier molecular flexibility index (Phi) is 5.27. The van der Waals surface area contributed by atoms with E-state index in [1.54, 1.807) is 6.92 Å². The van der Waals surface area contributed by atoms with E-state index in [1.165, 1.54) is 0 Å². The predicted molar refractivity (Wildman–Crippen MR) is 65.5 cm³/mol. The van der Waals surface area contributed by atoms with Crippen molar-refractivity contribution in [1.82, 2.24) is 14.9 Å². The summed E-state index contributed by atoms with van der Waals surface area (Å²) in [6.07, 6.45) is 0.0539. The Morgan fingerprint density at radius 1 is 1.50 bits per heavy atom. The van der Waals surface area contributed by atoms with Crippen LogP contribution in [0.5, 0.6) is 0 Å². The zero-order valence-electron chi connectivity index (χ0n) is 10.7. The molecule has 1 rings (SSSR count). The van der Waals surface area contributed by atoms with E-state index in [-0.39, 0.29) is 23.2 Å². The zero-order valence-corrected chi connectivity index (χ0v) is 11.5. The SMILES string of the molecule is Cc1[nH]nc(CO)c1S(=O)(=O)NCCOC(C)C. The van der Waals surface area contributed by atoms with Crippen molar-refractivity contribution in [3.63, 3.8) is 0 Å². The van der Waals surface area contributed by atoms with Crippen molar-refractivity contribution in [3.8, 4) is 0 Å². The smallest absolute Gasteiger partial charge is 0.244 e. The maximum absolute atomic E-state index is 12.0. The van der Waals surface area contributed by atoms with Crippen LogP contribution < -0.4 is 4.72 Å². The predicted octanol–water partition coefficient (Wildman–Crippen LogP) is -0.0863. The Morgan fingerprint density at radius 2 is 2.17 bits per heavy atom. The molecular formula is C10H19N3O4S. The lowest BCUT2D eigenvalue weighted by molar-refractivity contribution is 0.0834. The number of ether oxygens (including phenoxy) is 1. The number of sulfonamides is 1. The van der Waals surface area contributed by atoms with Crippen molar-refractivity contribution in [1.29, 1.82) is 0 Å². The monoisotopic (exact) mass is 277 g/mol. The molecule has 0 aliphatic rings. The molecule has 0 saturated heterocycles. The molecule has 3 N–H and O–H groups in total. The summed E-state index contributed by atoms with van der Waals surface area (Å²) in [5, 5.41) is 15.3. The van der Waals surface area contributed by atoms with Gasteiger partial charge in [0.05, 0.1) is 25.0 Å². The van der Waals surface area contributed by atoms with Gasteiger partial charge >= 0.3 is 0 Å². The number of H-pyrrole nitrogens is 1. The van der Waals surface area contributed by atoms with Crippen LogP contribution in [0.2, 0.25) is 0 Å². The summed E-state index contributed by atoms with van der Waals surface area (Å²) in [6, 6.07) is 0. The highest BCUT2D eigenvalue weighted by Crippen LogP contribution is 2.16. The van der Waals surface area contributed by atoms with Gasteiger partial charge in [-0.2, -0.15) is 5.10 Å². The summed E-state index contributed by atoms with van der Waals surface area (Å²) >= 11 is 0. The summed E-state index contributed by atoms with van der Waals surface area (Å²) in [5.74, 6) is 0. The van der Waals surface area contributed by atoms with Crippen molar-refractivity contribution in [2.75, 3.05) is 13.2 Å². The quantitative estimate of drug-likeness (QED) is 0.604. The Labute approximate surface area is 107 Å². The first-order valence-electron chi connectivity index (χ1n) is 5.64. The maximum atomic E-state index is 12.0. The van der Waals surface area contributed by atoms with Gasteiger partial charge in [0.25, 0.3) is 0 Å². The van der Waals surface area contributed by atoms with Gasteiger partial charge in [-0.3, -0.25) is 5.10 Å². The third-order valence-electron chi connectivity index (χ3n) is 2.23. The molecule has 0 atom stereocenters. The Bertz CT molecular complexity index is 481. The first-order chi connectivity index (χ1) is 8.38. The minimum Gasteiger partial charge on any atom is -0.390 e. The van der Waals surface area contributed by atoms with Crippen LogP contribution in [-0.4, -0.2) is 43.0 Å². The molecule has 0 radical (unpaired) electrons. The maximum Gasteiger partial charge on any atom is 0.244 e. The lowest BCUT2D eigenvalue weighted by atomic mass is 10.4. The molecule has 18 heavy (non-hydrogen) atoms. The van der Waals surface area contributed by atoms with Gasteiger partial charge < -0.3 is 9.84 Å². The lowest BCUT2D eigenvalue weighted by Gasteiger charge is -2.09. The number of hydrogen-bond donors (Lipinski definition) is 3. The number of aliphatic hydroxyl groups is 1. The molecule has 7 nitrogen and oxygen atoms in total. The minimum absolute atomic E-state index is 0.00884. The molecule has 0 aliphatic heterocycles. The van der Waals surface area contributed by atoms with Gasteiger partial charge in [-0.15, -0.1) is 0 Å². The fourth-order valence-electron chi connectivity index (χ4n) is 1.48. The summed E-state index contributed by atoms with van der Waals surface area (Å²) in [6.45, 7) is 5.38. The van der Waals surface area contributed by atoms with Crippen molar-refractivity contribution >= 4 is 10.0 Å². The number of aliphatic hydroxyl groups excluding tert-OH is 1. The van der Waals surface area contributed by atoms with Gasteiger partial charge in [-0.1, -0.05) is 0 Å². The largest absolute Gasteiger partial charge is 0.390 e. The molecule has 1 aromatic heterocycles. The van der Waals surface area contributed by atoms with Crippen molar-refractivity contribution < 1.29 is 18.3 Å². The summed E-state index contributed by atoms with van der Waals surface area (Å²) < 4.78 is 31.7. The Balaban J connectivity index is 2.71. The van der Waals surface area contributed by atoms with E-state index in [4.69, 9.17) is 9.84 Å². The molecule has 0 aliphatic carbocycles. The first kappa shape index (κ1) is 15.1. The molecule has 0 aromatic carbocycles. The second-order valence-corrected chi connectivity index (χ2v) is 5.80. The van der Waals surface area contributed by atoms with Crippen LogP contribution in [0.3, 0.4) is 0 Å². The standard InChI is InChI=1S/C10H19N3O4S/c1-7(2)17-5-4-11-18(15,16)10-8(3)12-13-9(10)6-14/h7,11,14H,4-6H2,1-3H3,(H,12,13). The highest BCUT2D eigenvalue weighted by molar-refractivity contribution is 7.89. The van der Waals surface area contributed by atoms with Crippen LogP contribution in [0.15, 0.2) is 4.90 Å². The van der Waals surface area contributed by atoms with E-state index in [0.29, 0.717) is 12.3 Å². The Hall–Kier alpha value is -0.960. The molecule has 104 valence electrons. The van der Waals surface area contributed by atoms with E-state index < -0.39 is 16.6 Å². The number of aromatic nitrogens is 2. The average Bonchev–Trinajstić information content (AvgIpc) is 2.66. The van der Waals surface area contributed by atoms with Crippen LogP contribution in [0.4, 0.5) is 0 Å². The summed E-state index contributed by atoms with van der Waals surface area (Å²) in [4.78, 5) is 0.00884. The number of nitrogens with zero attached hydrogens (tertiary/aromatic N) is 1. The molecule has 0 spiro atoms. The minimum atomic E-state index is -3.67. The number of hydrogen-bond acceptors (Lipinski definition) is 5. The molecule has 1 aromatic rings. The van der Waals surface area contributed by atoms with E-state index in [2.05, 4.69) is 14.9 Å². The van der Waals surface area contributed by atoms with Crippen molar-refractivity contribution in [2.24, 2.45) is 0 Å². The highest BCUT2D eigenvalue weighted by Gasteiger charge is 2.23. The fraction of sp³-hybridized carbons (Fsp3) is 0.700. The molecule has 8 heteroatoms. The summed E-state index contributed by atoms with van der Waals surface area (Å²) in [5.41, 5.74) is 0.515. The zero-order chi connectivity index (χ0) is 13.8. The number of nitrogens with one attached hydrogen (secondary N) is 2.